The minimum atomic E-state index is 0.764. The summed E-state index contributed by atoms with van der Waals surface area (Å²) >= 11 is 0. The van der Waals surface area contributed by atoms with Crippen LogP contribution in [-0.4, -0.2) is 6.61 Å². The van der Waals surface area contributed by atoms with Crippen molar-refractivity contribution in [3.8, 4) is 5.75 Å². The van der Waals surface area contributed by atoms with Gasteiger partial charge in [0.25, 0.3) is 0 Å². The predicted octanol–water partition coefficient (Wildman–Crippen LogP) is 4.94. The SMILES string of the molecule is CCCc1cc(CCC)c(OCC)c(CCC)c1. The Bertz CT molecular complexity index is 328. The van der Waals surface area contributed by atoms with Crippen molar-refractivity contribution >= 4 is 0 Å². The number of hydrogen-bond donors (Lipinski definition) is 0. The summed E-state index contributed by atoms with van der Waals surface area (Å²) in [7, 11) is 0. The van der Waals surface area contributed by atoms with Gasteiger partial charge in [-0.1, -0.05) is 52.2 Å². The molecule has 0 radical (unpaired) electrons. The van der Waals surface area contributed by atoms with Crippen LogP contribution in [0.1, 0.15) is 63.6 Å². The average molecular weight is 248 g/mol. The molecule has 0 aromatic heterocycles. The maximum atomic E-state index is 5.91. The van der Waals surface area contributed by atoms with Gasteiger partial charge >= 0.3 is 0 Å². The molecule has 0 amide bonds. The van der Waals surface area contributed by atoms with E-state index in [-0.39, 0.29) is 0 Å². The Morgan fingerprint density at radius 2 is 1.28 bits per heavy atom. The fourth-order valence-electron chi connectivity index (χ4n) is 2.50. The van der Waals surface area contributed by atoms with E-state index in [9.17, 15) is 0 Å². The number of hydrogen-bond acceptors (Lipinski definition) is 1. The molecule has 0 aliphatic heterocycles. The smallest absolute Gasteiger partial charge is 0.125 e. The first-order valence-corrected chi connectivity index (χ1v) is 7.54. The van der Waals surface area contributed by atoms with Crippen molar-refractivity contribution in [1.82, 2.24) is 0 Å². The molecular formula is C17H28O. The minimum Gasteiger partial charge on any atom is -0.493 e. The predicted molar refractivity (Wildman–Crippen MR) is 79.6 cm³/mol. The number of benzene rings is 1. The number of aryl methyl sites for hydroxylation is 3. The van der Waals surface area contributed by atoms with Crippen molar-refractivity contribution in [3.63, 3.8) is 0 Å². The third-order valence-corrected chi connectivity index (χ3v) is 3.17. The largest absolute Gasteiger partial charge is 0.493 e. The standard InChI is InChI=1S/C17H28O/c1-5-9-14-12-15(10-6-2)17(18-8-4)16(13-14)11-7-3/h12-13H,5-11H2,1-4H3. The van der Waals surface area contributed by atoms with Gasteiger partial charge in [0, 0.05) is 0 Å². The van der Waals surface area contributed by atoms with Gasteiger partial charge in [0.15, 0.2) is 0 Å². The lowest BCUT2D eigenvalue weighted by Crippen LogP contribution is -2.03. The summed E-state index contributed by atoms with van der Waals surface area (Å²) in [6.07, 6.45) is 7.01. The second-order valence-electron chi connectivity index (χ2n) is 4.93. The normalized spacial score (nSPS) is 10.7. The molecule has 1 aromatic carbocycles. The van der Waals surface area contributed by atoms with Crippen LogP contribution in [0.4, 0.5) is 0 Å². The zero-order chi connectivity index (χ0) is 13.4. The molecule has 1 aromatic rings. The quantitative estimate of drug-likeness (QED) is 0.633. The van der Waals surface area contributed by atoms with Crippen LogP contribution in [0.15, 0.2) is 12.1 Å². The lowest BCUT2D eigenvalue weighted by molar-refractivity contribution is 0.332. The topological polar surface area (TPSA) is 9.23 Å². The molecule has 0 bridgehead atoms. The molecule has 18 heavy (non-hydrogen) atoms. The molecule has 0 aliphatic rings. The second-order valence-corrected chi connectivity index (χ2v) is 4.93. The first kappa shape index (κ1) is 15.1. The molecule has 0 unspecified atom stereocenters. The summed E-state index contributed by atoms with van der Waals surface area (Å²) in [5, 5.41) is 0. The molecule has 0 saturated carbocycles. The van der Waals surface area contributed by atoms with Crippen LogP contribution < -0.4 is 4.74 Å². The molecule has 0 N–H and O–H groups in total. The van der Waals surface area contributed by atoms with Gasteiger partial charge in [-0.05, 0) is 42.9 Å². The molecule has 1 heteroatoms. The first-order chi connectivity index (χ1) is 8.76. The van der Waals surface area contributed by atoms with Gasteiger partial charge in [-0.2, -0.15) is 0 Å². The Kier molecular flexibility index (Phi) is 6.85. The Morgan fingerprint density at radius 3 is 1.67 bits per heavy atom. The van der Waals surface area contributed by atoms with Gasteiger partial charge in [-0.25, -0.2) is 0 Å². The molecule has 1 nitrogen and oxygen atoms in total. The monoisotopic (exact) mass is 248 g/mol. The highest BCUT2D eigenvalue weighted by Crippen LogP contribution is 2.29. The van der Waals surface area contributed by atoms with Gasteiger partial charge in [0.2, 0.25) is 0 Å². The summed E-state index contributed by atoms with van der Waals surface area (Å²) in [5.74, 6) is 1.17. The fourth-order valence-corrected chi connectivity index (χ4v) is 2.50. The van der Waals surface area contributed by atoms with Gasteiger partial charge in [-0.3, -0.25) is 0 Å². The number of ether oxygens (including phenoxy) is 1. The molecule has 1 rings (SSSR count). The zero-order valence-electron chi connectivity index (χ0n) is 12.5. The minimum absolute atomic E-state index is 0.764. The zero-order valence-corrected chi connectivity index (χ0v) is 12.5. The molecular weight excluding hydrogens is 220 g/mol. The molecule has 0 aliphatic carbocycles. The third kappa shape index (κ3) is 4.04. The van der Waals surface area contributed by atoms with Crippen molar-refractivity contribution in [2.24, 2.45) is 0 Å². The maximum Gasteiger partial charge on any atom is 0.125 e. The van der Waals surface area contributed by atoms with E-state index >= 15 is 0 Å². The Morgan fingerprint density at radius 1 is 0.778 bits per heavy atom. The fraction of sp³-hybridized carbons (Fsp3) is 0.647. The highest BCUT2D eigenvalue weighted by Gasteiger charge is 2.11. The molecule has 0 heterocycles. The van der Waals surface area contributed by atoms with Gasteiger partial charge < -0.3 is 4.74 Å². The van der Waals surface area contributed by atoms with Crippen LogP contribution in [0.3, 0.4) is 0 Å². The number of rotatable bonds is 8. The van der Waals surface area contributed by atoms with Crippen molar-refractivity contribution in [3.05, 3.63) is 28.8 Å². The van der Waals surface area contributed by atoms with E-state index < -0.39 is 0 Å². The average Bonchev–Trinajstić information content (AvgIpc) is 2.34. The molecule has 0 atom stereocenters. The Hall–Kier alpha value is -0.980. The molecule has 0 fully saturated rings. The van der Waals surface area contributed by atoms with Crippen LogP contribution in [-0.2, 0) is 19.3 Å². The summed E-state index contributed by atoms with van der Waals surface area (Å²) in [6, 6.07) is 4.72. The van der Waals surface area contributed by atoms with Crippen molar-refractivity contribution in [1.29, 1.82) is 0 Å². The van der Waals surface area contributed by atoms with Gasteiger partial charge in [0.05, 0.1) is 6.61 Å². The molecule has 0 spiro atoms. The first-order valence-electron chi connectivity index (χ1n) is 7.54. The van der Waals surface area contributed by atoms with Crippen LogP contribution in [0.5, 0.6) is 5.75 Å². The summed E-state index contributed by atoms with van der Waals surface area (Å²) in [6.45, 7) is 9.56. The highest BCUT2D eigenvalue weighted by molar-refractivity contribution is 5.45. The van der Waals surface area contributed by atoms with E-state index in [0.717, 1.165) is 19.4 Å². The van der Waals surface area contributed by atoms with E-state index in [1.165, 1.54) is 48.1 Å². The van der Waals surface area contributed by atoms with Crippen LogP contribution in [0, 0.1) is 0 Å². The van der Waals surface area contributed by atoms with Crippen LogP contribution in [0.25, 0.3) is 0 Å². The maximum absolute atomic E-state index is 5.91. The van der Waals surface area contributed by atoms with Gasteiger partial charge in [-0.15, -0.1) is 0 Å². The molecule has 0 saturated heterocycles. The van der Waals surface area contributed by atoms with E-state index in [0.29, 0.717) is 0 Å². The summed E-state index contributed by atoms with van der Waals surface area (Å²) in [4.78, 5) is 0. The van der Waals surface area contributed by atoms with Crippen LogP contribution in [0.2, 0.25) is 0 Å². The van der Waals surface area contributed by atoms with Crippen molar-refractivity contribution in [2.75, 3.05) is 6.61 Å². The van der Waals surface area contributed by atoms with Crippen LogP contribution >= 0.6 is 0 Å². The molecule has 102 valence electrons. The van der Waals surface area contributed by atoms with Gasteiger partial charge in [0.1, 0.15) is 5.75 Å². The summed E-state index contributed by atoms with van der Waals surface area (Å²) < 4.78 is 5.91. The third-order valence-electron chi connectivity index (χ3n) is 3.17. The Labute approximate surface area is 113 Å². The van der Waals surface area contributed by atoms with E-state index in [4.69, 9.17) is 4.74 Å². The lowest BCUT2D eigenvalue weighted by atomic mass is 9.96. The van der Waals surface area contributed by atoms with E-state index in [1.54, 1.807) is 0 Å². The lowest BCUT2D eigenvalue weighted by Gasteiger charge is -2.17. The summed E-state index contributed by atoms with van der Waals surface area (Å²) in [5.41, 5.74) is 4.30. The second kappa shape index (κ2) is 8.18. The van der Waals surface area contributed by atoms with E-state index in [2.05, 4.69) is 39.8 Å². The van der Waals surface area contributed by atoms with E-state index in [1.807, 2.05) is 0 Å². The van der Waals surface area contributed by atoms with Crippen molar-refractivity contribution < 1.29 is 4.74 Å². The highest BCUT2D eigenvalue weighted by atomic mass is 16.5. The Balaban J connectivity index is 3.15. The van der Waals surface area contributed by atoms with Crippen molar-refractivity contribution in [2.45, 2.75) is 66.2 Å².